The first kappa shape index (κ1) is 11.5. The summed E-state index contributed by atoms with van der Waals surface area (Å²) in [6.07, 6.45) is 4.42. The van der Waals surface area contributed by atoms with Crippen molar-refractivity contribution in [3.05, 3.63) is 53.6 Å². The molecular formula is C13H8F3N. The quantitative estimate of drug-likeness (QED) is 0.730. The summed E-state index contributed by atoms with van der Waals surface area (Å²) in [6, 6.07) is 4.63. The average molecular weight is 235 g/mol. The summed E-state index contributed by atoms with van der Waals surface area (Å²) in [5.41, 5.74) is -1.95. The van der Waals surface area contributed by atoms with Gasteiger partial charge in [-0.05, 0) is 17.7 Å². The Hall–Kier alpha value is -2.02. The highest BCUT2D eigenvalue weighted by molar-refractivity contribution is 5.77. The molecule has 0 N–H and O–H groups in total. The fraction of sp³-hybridized carbons (Fsp3) is 0.154. The number of halogens is 3. The largest absolute Gasteiger partial charge is 0.225 e. The monoisotopic (exact) mass is 235 g/mol. The molecule has 0 saturated carbocycles. The minimum Gasteiger partial charge on any atom is -0.222 e. The molecule has 1 atom stereocenters. The third kappa shape index (κ3) is 1.96. The Morgan fingerprint density at radius 1 is 1.24 bits per heavy atom. The molecule has 1 nitrogen and oxygen atoms in total. The van der Waals surface area contributed by atoms with Crippen molar-refractivity contribution in [2.45, 2.75) is 12.1 Å². The molecule has 0 aromatic heterocycles. The number of hydrogen-bond acceptors (Lipinski definition) is 1. The van der Waals surface area contributed by atoms with Gasteiger partial charge in [0.25, 0.3) is 0 Å². The van der Waals surface area contributed by atoms with Crippen LogP contribution in [0.4, 0.5) is 13.2 Å². The van der Waals surface area contributed by atoms with Crippen molar-refractivity contribution in [3.8, 4) is 6.07 Å². The molecule has 2 rings (SSSR count). The second kappa shape index (κ2) is 4.10. The predicted molar refractivity (Wildman–Crippen MR) is 57.5 cm³/mol. The molecule has 1 aromatic rings. The lowest BCUT2D eigenvalue weighted by molar-refractivity contribution is 0.323. The third-order valence-corrected chi connectivity index (χ3v) is 2.63. The van der Waals surface area contributed by atoms with Gasteiger partial charge in [-0.25, -0.2) is 13.2 Å². The summed E-state index contributed by atoms with van der Waals surface area (Å²) in [5.74, 6) is -2.06. The van der Waals surface area contributed by atoms with Gasteiger partial charge < -0.3 is 0 Å². The molecule has 0 aliphatic heterocycles. The summed E-state index contributed by atoms with van der Waals surface area (Å²) < 4.78 is 40.0. The molecule has 1 aliphatic carbocycles. The van der Waals surface area contributed by atoms with E-state index in [4.69, 9.17) is 5.26 Å². The Balaban J connectivity index is 2.52. The van der Waals surface area contributed by atoms with E-state index in [0.717, 1.165) is 12.1 Å². The second-order valence-electron chi connectivity index (χ2n) is 3.75. The van der Waals surface area contributed by atoms with E-state index in [1.54, 1.807) is 12.1 Å². The first-order valence-electron chi connectivity index (χ1n) is 5.00. The molecule has 0 fully saturated rings. The summed E-state index contributed by atoms with van der Waals surface area (Å²) in [5, 5.41) is 8.84. The Morgan fingerprint density at radius 3 is 2.65 bits per heavy atom. The maximum Gasteiger partial charge on any atom is 0.225 e. The van der Waals surface area contributed by atoms with E-state index >= 15 is 0 Å². The zero-order valence-corrected chi connectivity index (χ0v) is 8.75. The molecule has 0 amide bonds. The first-order valence-corrected chi connectivity index (χ1v) is 5.00. The SMILES string of the molecule is N#CC1(F)CC=CC=C1c1ccc(F)c(F)c1. The molecule has 17 heavy (non-hydrogen) atoms. The Labute approximate surface area is 96.5 Å². The van der Waals surface area contributed by atoms with E-state index in [1.165, 1.54) is 18.2 Å². The number of alkyl halides is 1. The van der Waals surface area contributed by atoms with Crippen LogP contribution in [0.15, 0.2) is 36.4 Å². The van der Waals surface area contributed by atoms with Crippen molar-refractivity contribution in [1.82, 2.24) is 0 Å². The van der Waals surface area contributed by atoms with Gasteiger partial charge in [0.1, 0.15) is 6.07 Å². The minimum absolute atomic E-state index is 0.0569. The van der Waals surface area contributed by atoms with Crippen molar-refractivity contribution in [3.63, 3.8) is 0 Å². The predicted octanol–water partition coefficient (Wildman–Crippen LogP) is 3.54. The number of rotatable bonds is 1. The van der Waals surface area contributed by atoms with E-state index in [-0.39, 0.29) is 17.6 Å². The number of nitrogens with zero attached hydrogens (tertiary/aromatic N) is 1. The van der Waals surface area contributed by atoms with Crippen LogP contribution in [-0.4, -0.2) is 5.67 Å². The Morgan fingerprint density at radius 2 is 2.00 bits per heavy atom. The third-order valence-electron chi connectivity index (χ3n) is 2.63. The highest BCUT2D eigenvalue weighted by Crippen LogP contribution is 2.36. The van der Waals surface area contributed by atoms with Gasteiger partial charge in [0.15, 0.2) is 11.6 Å². The highest BCUT2D eigenvalue weighted by atomic mass is 19.2. The molecule has 1 aromatic carbocycles. The number of allylic oxidation sites excluding steroid dienone is 4. The molecule has 0 heterocycles. The lowest BCUT2D eigenvalue weighted by Crippen LogP contribution is -2.23. The highest BCUT2D eigenvalue weighted by Gasteiger charge is 2.35. The van der Waals surface area contributed by atoms with Gasteiger partial charge in [-0.15, -0.1) is 0 Å². The maximum absolute atomic E-state index is 14.2. The van der Waals surface area contributed by atoms with Gasteiger partial charge in [-0.2, -0.15) is 5.26 Å². The van der Waals surface area contributed by atoms with Crippen LogP contribution in [0.25, 0.3) is 5.57 Å². The minimum atomic E-state index is -2.18. The lowest BCUT2D eigenvalue weighted by atomic mass is 9.85. The molecule has 0 bridgehead atoms. The Kier molecular flexibility index (Phi) is 2.76. The van der Waals surface area contributed by atoms with Crippen LogP contribution in [0.3, 0.4) is 0 Å². The fourth-order valence-corrected chi connectivity index (χ4v) is 1.73. The summed E-state index contributed by atoms with van der Waals surface area (Å²) in [4.78, 5) is 0. The molecule has 86 valence electrons. The molecule has 4 heteroatoms. The van der Waals surface area contributed by atoms with Crippen LogP contribution in [-0.2, 0) is 0 Å². The van der Waals surface area contributed by atoms with Gasteiger partial charge in [0, 0.05) is 12.0 Å². The Bertz CT molecular complexity index is 554. The summed E-state index contributed by atoms with van der Waals surface area (Å²) in [7, 11) is 0. The topological polar surface area (TPSA) is 23.8 Å². The number of nitriles is 1. The van der Waals surface area contributed by atoms with Gasteiger partial charge >= 0.3 is 0 Å². The van der Waals surface area contributed by atoms with Gasteiger partial charge in [-0.1, -0.05) is 24.3 Å². The van der Waals surface area contributed by atoms with E-state index in [2.05, 4.69) is 0 Å². The average Bonchev–Trinajstić information content (AvgIpc) is 2.33. The summed E-state index contributed by atoms with van der Waals surface area (Å²) >= 11 is 0. The smallest absolute Gasteiger partial charge is 0.222 e. The molecule has 1 aliphatic rings. The maximum atomic E-state index is 14.2. The zero-order valence-electron chi connectivity index (χ0n) is 8.75. The van der Waals surface area contributed by atoms with Gasteiger partial charge in [-0.3, -0.25) is 0 Å². The fourth-order valence-electron chi connectivity index (χ4n) is 1.73. The van der Waals surface area contributed by atoms with Gasteiger partial charge in [0.2, 0.25) is 5.67 Å². The van der Waals surface area contributed by atoms with E-state index in [0.29, 0.717) is 0 Å². The van der Waals surface area contributed by atoms with Crippen molar-refractivity contribution in [2.75, 3.05) is 0 Å². The molecule has 1 unspecified atom stereocenters. The summed E-state index contributed by atoms with van der Waals surface area (Å²) in [6.45, 7) is 0. The first-order chi connectivity index (χ1) is 8.07. The van der Waals surface area contributed by atoms with Crippen LogP contribution in [0.5, 0.6) is 0 Å². The van der Waals surface area contributed by atoms with E-state index < -0.39 is 17.3 Å². The second-order valence-corrected chi connectivity index (χ2v) is 3.75. The van der Waals surface area contributed by atoms with Crippen LogP contribution < -0.4 is 0 Å². The molecular weight excluding hydrogens is 227 g/mol. The number of hydrogen-bond donors (Lipinski definition) is 0. The van der Waals surface area contributed by atoms with Crippen molar-refractivity contribution < 1.29 is 13.2 Å². The normalized spacial score (nSPS) is 23.1. The van der Waals surface area contributed by atoms with Crippen LogP contribution >= 0.6 is 0 Å². The molecule has 0 saturated heterocycles. The van der Waals surface area contributed by atoms with Crippen LogP contribution in [0, 0.1) is 23.0 Å². The molecule has 0 spiro atoms. The van der Waals surface area contributed by atoms with Crippen molar-refractivity contribution in [1.29, 1.82) is 5.26 Å². The van der Waals surface area contributed by atoms with Crippen molar-refractivity contribution >= 4 is 5.57 Å². The lowest BCUT2D eigenvalue weighted by Gasteiger charge is -2.22. The van der Waals surface area contributed by atoms with Gasteiger partial charge in [0.05, 0.1) is 0 Å². The molecule has 0 radical (unpaired) electrons. The standard InChI is InChI=1S/C13H8F3N/c14-11-5-4-9(7-12(11)15)10-3-1-2-6-13(10,16)8-17/h1-5,7H,6H2. The van der Waals surface area contributed by atoms with Crippen LogP contribution in [0.2, 0.25) is 0 Å². The van der Waals surface area contributed by atoms with Crippen LogP contribution in [0.1, 0.15) is 12.0 Å². The zero-order chi connectivity index (χ0) is 12.5. The van der Waals surface area contributed by atoms with E-state index in [9.17, 15) is 13.2 Å². The van der Waals surface area contributed by atoms with E-state index in [1.807, 2.05) is 0 Å². The van der Waals surface area contributed by atoms with Crippen molar-refractivity contribution in [2.24, 2.45) is 0 Å². The number of benzene rings is 1.